The molecule has 0 saturated carbocycles. The van der Waals surface area contributed by atoms with Crippen LogP contribution >= 0.6 is 0 Å². The van der Waals surface area contributed by atoms with Crippen molar-refractivity contribution in [1.29, 1.82) is 0 Å². The Balaban J connectivity index is 1.88. The fourth-order valence-corrected chi connectivity index (χ4v) is 4.48. The minimum Gasteiger partial charge on any atom is -0.490 e. The van der Waals surface area contributed by atoms with Crippen molar-refractivity contribution in [2.24, 2.45) is 0 Å². The van der Waals surface area contributed by atoms with Gasteiger partial charge in [0.25, 0.3) is 0 Å². The van der Waals surface area contributed by atoms with Gasteiger partial charge in [0.1, 0.15) is 5.60 Å². The smallest absolute Gasteiger partial charge is 0.214 e. The molecule has 27 heavy (non-hydrogen) atoms. The zero-order chi connectivity index (χ0) is 19.9. The molecule has 2 rings (SSSR count). The van der Waals surface area contributed by atoms with Gasteiger partial charge in [-0.05, 0) is 26.3 Å². The molecule has 0 amide bonds. The van der Waals surface area contributed by atoms with Gasteiger partial charge in [0.2, 0.25) is 10.0 Å². The highest BCUT2D eigenvalue weighted by atomic mass is 32.2. The number of fused-ring (bicyclic) bond motifs is 1. The van der Waals surface area contributed by atoms with Crippen LogP contribution < -0.4 is 9.47 Å². The molecule has 1 aromatic carbocycles. The topological polar surface area (TPSA) is 74.3 Å². The van der Waals surface area contributed by atoms with E-state index in [0.29, 0.717) is 45.1 Å². The molecule has 1 aliphatic rings. The van der Waals surface area contributed by atoms with Crippen molar-refractivity contribution >= 4 is 10.0 Å². The summed E-state index contributed by atoms with van der Waals surface area (Å²) in [5.41, 5.74) is 0.879. The molecular formula is C19H31NO6S. The van der Waals surface area contributed by atoms with Crippen LogP contribution in [-0.4, -0.2) is 71.2 Å². The van der Waals surface area contributed by atoms with E-state index in [0.717, 1.165) is 17.7 Å². The molecule has 1 aromatic rings. The fourth-order valence-electron chi connectivity index (χ4n) is 3.03. The van der Waals surface area contributed by atoms with Gasteiger partial charge < -0.3 is 18.9 Å². The summed E-state index contributed by atoms with van der Waals surface area (Å²) in [6.07, 6.45) is 1.23. The number of methoxy groups -OCH3 is 2. The third-order valence-electron chi connectivity index (χ3n) is 4.34. The molecule has 8 heteroatoms. The van der Waals surface area contributed by atoms with Crippen LogP contribution in [0.5, 0.6) is 11.5 Å². The summed E-state index contributed by atoms with van der Waals surface area (Å²) >= 11 is 0. The van der Waals surface area contributed by atoms with Crippen LogP contribution in [0.15, 0.2) is 18.2 Å². The van der Waals surface area contributed by atoms with Gasteiger partial charge in [-0.25, -0.2) is 8.42 Å². The molecular weight excluding hydrogens is 370 g/mol. The number of ether oxygens (including phenoxy) is 4. The van der Waals surface area contributed by atoms with Crippen LogP contribution in [0.25, 0.3) is 0 Å². The molecule has 0 aromatic heterocycles. The third-order valence-corrected chi connectivity index (χ3v) is 6.30. The normalized spacial score (nSPS) is 15.6. The maximum absolute atomic E-state index is 12.6. The van der Waals surface area contributed by atoms with Crippen molar-refractivity contribution in [3.05, 3.63) is 23.8 Å². The third kappa shape index (κ3) is 6.34. The first-order chi connectivity index (χ1) is 12.8. The first kappa shape index (κ1) is 21.9. The van der Waals surface area contributed by atoms with Crippen molar-refractivity contribution in [2.75, 3.05) is 52.9 Å². The van der Waals surface area contributed by atoms with Gasteiger partial charge in [0.05, 0.1) is 25.6 Å². The van der Waals surface area contributed by atoms with Gasteiger partial charge in [0.15, 0.2) is 11.5 Å². The molecule has 0 bridgehead atoms. The Morgan fingerprint density at radius 1 is 1.11 bits per heavy atom. The Bertz CT molecular complexity index is 696. The lowest BCUT2D eigenvalue weighted by Crippen LogP contribution is -2.38. The molecule has 1 aliphatic heterocycles. The minimum atomic E-state index is -3.39. The Labute approximate surface area is 162 Å². The first-order valence-corrected chi connectivity index (χ1v) is 10.8. The molecule has 7 nitrogen and oxygen atoms in total. The number of rotatable bonds is 12. The quantitative estimate of drug-likeness (QED) is 0.499. The first-order valence-electron chi connectivity index (χ1n) is 9.18. The molecule has 0 aliphatic carbocycles. The van der Waals surface area contributed by atoms with Crippen molar-refractivity contribution < 1.29 is 27.4 Å². The summed E-state index contributed by atoms with van der Waals surface area (Å²) in [5.74, 6) is 1.46. The largest absolute Gasteiger partial charge is 0.490 e. The summed E-state index contributed by atoms with van der Waals surface area (Å²) < 4.78 is 48.3. The summed E-state index contributed by atoms with van der Waals surface area (Å²) in [7, 11) is -0.285. The molecule has 0 radical (unpaired) electrons. The maximum atomic E-state index is 12.6. The van der Waals surface area contributed by atoms with Crippen LogP contribution in [0.1, 0.15) is 25.8 Å². The van der Waals surface area contributed by atoms with E-state index in [1.807, 2.05) is 32.0 Å². The van der Waals surface area contributed by atoms with Crippen molar-refractivity contribution in [2.45, 2.75) is 32.3 Å². The number of sulfonamides is 1. The van der Waals surface area contributed by atoms with Crippen LogP contribution in [0.2, 0.25) is 0 Å². The Kier molecular flexibility index (Phi) is 7.91. The minimum absolute atomic E-state index is 0.0157. The molecule has 0 fully saturated rings. The highest BCUT2D eigenvalue weighted by Crippen LogP contribution is 2.41. The fraction of sp³-hybridized carbons (Fsp3) is 0.684. The molecule has 154 valence electrons. The molecule has 0 unspecified atom stereocenters. The van der Waals surface area contributed by atoms with Crippen LogP contribution in [0.3, 0.4) is 0 Å². The highest BCUT2D eigenvalue weighted by molar-refractivity contribution is 7.89. The van der Waals surface area contributed by atoms with E-state index >= 15 is 0 Å². The Morgan fingerprint density at radius 3 is 2.41 bits per heavy atom. The second-order valence-electron chi connectivity index (χ2n) is 7.19. The van der Waals surface area contributed by atoms with Gasteiger partial charge in [-0.3, -0.25) is 0 Å². The summed E-state index contributed by atoms with van der Waals surface area (Å²) in [6.45, 7) is 5.72. The number of benzene rings is 1. The molecule has 0 saturated heterocycles. The molecule has 0 atom stereocenters. The summed E-state index contributed by atoms with van der Waals surface area (Å²) in [6, 6.07) is 5.83. The second kappa shape index (κ2) is 9.73. The zero-order valence-electron chi connectivity index (χ0n) is 16.7. The van der Waals surface area contributed by atoms with E-state index in [1.54, 1.807) is 14.2 Å². The standard InChI is InChI=1S/C19H31NO6S/c1-19(2)15-16-7-5-8-17(18(16)26-19)25-11-6-14-27(21,22)20(9-12-23-3)10-13-24-4/h5,7-8H,6,9-15H2,1-4H3. The van der Waals surface area contributed by atoms with E-state index in [9.17, 15) is 8.42 Å². The number of para-hydroxylation sites is 1. The van der Waals surface area contributed by atoms with Crippen molar-refractivity contribution in [3.63, 3.8) is 0 Å². The summed E-state index contributed by atoms with van der Waals surface area (Å²) in [5, 5.41) is 0. The predicted octanol–water partition coefficient (Wildman–Crippen LogP) is 2.09. The van der Waals surface area contributed by atoms with Crippen LogP contribution in [0, 0.1) is 0 Å². The SMILES string of the molecule is COCCN(CCOC)S(=O)(=O)CCCOc1cccc2c1OC(C)(C)C2. The number of nitrogens with zero attached hydrogens (tertiary/aromatic N) is 1. The molecule has 1 heterocycles. The molecule has 0 spiro atoms. The second-order valence-corrected chi connectivity index (χ2v) is 9.27. The van der Waals surface area contributed by atoms with E-state index in [-0.39, 0.29) is 11.4 Å². The average molecular weight is 402 g/mol. The van der Waals surface area contributed by atoms with Gasteiger partial charge in [-0.2, -0.15) is 4.31 Å². The lowest BCUT2D eigenvalue weighted by Gasteiger charge is -2.21. The number of hydrogen-bond donors (Lipinski definition) is 0. The monoisotopic (exact) mass is 401 g/mol. The van der Waals surface area contributed by atoms with Crippen molar-refractivity contribution in [1.82, 2.24) is 4.31 Å². The Hall–Kier alpha value is -1.35. The Morgan fingerprint density at radius 2 is 1.78 bits per heavy atom. The van der Waals surface area contributed by atoms with Gasteiger partial charge in [-0.15, -0.1) is 0 Å². The predicted molar refractivity (Wildman–Crippen MR) is 104 cm³/mol. The van der Waals surface area contributed by atoms with Gasteiger partial charge in [0, 0.05) is 39.3 Å². The van der Waals surface area contributed by atoms with Crippen LogP contribution in [-0.2, 0) is 25.9 Å². The van der Waals surface area contributed by atoms with Gasteiger partial charge >= 0.3 is 0 Å². The lowest BCUT2D eigenvalue weighted by atomic mass is 10.0. The van der Waals surface area contributed by atoms with Crippen molar-refractivity contribution in [3.8, 4) is 11.5 Å². The van der Waals surface area contributed by atoms with Crippen LogP contribution in [0.4, 0.5) is 0 Å². The molecule has 0 N–H and O–H groups in total. The maximum Gasteiger partial charge on any atom is 0.214 e. The van der Waals surface area contributed by atoms with E-state index in [4.69, 9.17) is 18.9 Å². The lowest BCUT2D eigenvalue weighted by molar-refractivity contribution is 0.132. The van der Waals surface area contributed by atoms with E-state index in [2.05, 4.69) is 0 Å². The van der Waals surface area contributed by atoms with E-state index < -0.39 is 10.0 Å². The average Bonchev–Trinajstić information content (AvgIpc) is 2.93. The zero-order valence-corrected chi connectivity index (χ0v) is 17.5. The number of hydrogen-bond acceptors (Lipinski definition) is 6. The summed E-state index contributed by atoms with van der Waals surface area (Å²) in [4.78, 5) is 0. The van der Waals surface area contributed by atoms with E-state index in [1.165, 1.54) is 4.31 Å². The highest BCUT2D eigenvalue weighted by Gasteiger charge is 2.32. The van der Waals surface area contributed by atoms with Gasteiger partial charge in [-0.1, -0.05) is 12.1 Å².